The lowest BCUT2D eigenvalue weighted by Gasteiger charge is -2.36. The van der Waals surface area contributed by atoms with Gasteiger partial charge in [0.2, 0.25) is 0 Å². The molecule has 2 heterocycles. The lowest BCUT2D eigenvalue weighted by Crippen LogP contribution is -2.50. The minimum Gasteiger partial charge on any atom is -0.490 e. The molecule has 2 N–H and O–H groups in total. The van der Waals surface area contributed by atoms with Crippen molar-refractivity contribution >= 4 is 29.9 Å². The first-order valence-electron chi connectivity index (χ1n) is 10.2. The van der Waals surface area contributed by atoms with E-state index in [1.165, 1.54) is 51.6 Å². The van der Waals surface area contributed by atoms with Crippen molar-refractivity contribution in [2.45, 2.75) is 57.5 Å². The molecule has 1 aromatic heterocycles. The van der Waals surface area contributed by atoms with Gasteiger partial charge in [0, 0.05) is 37.9 Å². The number of aromatic nitrogens is 1. The van der Waals surface area contributed by atoms with Crippen molar-refractivity contribution < 1.29 is 4.74 Å². The summed E-state index contributed by atoms with van der Waals surface area (Å²) < 4.78 is 5.66. The van der Waals surface area contributed by atoms with Gasteiger partial charge in [-0.3, -0.25) is 4.98 Å². The molecule has 0 aromatic carbocycles. The second kappa shape index (κ2) is 12.4. The van der Waals surface area contributed by atoms with Gasteiger partial charge in [0.1, 0.15) is 12.4 Å². The van der Waals surface area contributed by atoms with Gasteiger partial charge in [0.05, 0.1) is 12.7 Å². The van der Waals surface area contributed by atoms with E-state index in [1.54, 1.807) is 12.4 Å². The van der Waals surface area contributed by atoms with E-state index in [9.17, 15) is 0 Å². The first kappa shape index (κ1) is 22.2. The molecule has 0 bridgehead atoms. The number of hydrogen-bond acceptors (Lipinski definition) is 4. The van der Waals surface area contributed by atoms with Crippen molar-refractivity contribution in [3.63, 3.8) is 0 Å². The largest absolute Gasteiger partial charge is 0.490 e. The van der Waals surface area contributed by atoms with Crippen molar-refractivity contribution in [2.24, 2.45) is 4.99 Å². The molecule has 0 atom stereocenters. The standard InChI is InChI=1S/C20H33N5O.HI/c1-2-22-20(23-12-15-26-19-8-5-11-21-16-19)24-17-9-13-25(14-10-17)18-6-3-4-7-18;/h5,8,11,16-18H,2-4,6-7,9-10,12-15H2,1H3,(H2,22,23,24);1H. The second-order valence-electron chi connectivity index (χ2n) is 7.19. The topological polar surface area (TPSA) is 61.8 Å². The summed E-state index contributed by atoms with van der Waals surface area (Å²) >= 11 is 0. The van der Waals surface area contributed by atoms with Crippen LogP contribution in [-0.2, 0) is 0 Å². The van der Waals surface area contributed by atoms with Gasteiger partial charge in [-0.15, -0.1) is 24.0 Å². The Kier molecular flexibility index (Phi) is 10.2. The molecule has 1 aliphatic heterocycles. The van der Waals surface area contributed by atoms with Crippen molar-refractivity contribution in [3.8, 4) is 5.75 Å². The highest BCUT2D eigenvalue weighted by atomic mass is 127. The summed E-state index contributed by atoms with van der Waals surface area (Å²) in [6, 6.07) is 5.16. The zero-order valence-electron chi connectivity index (χ0n) is 16.4. The molecular formula is C20H34IN5O. The molecule has 7 heteroatoms. The molecule has 2 aliphatic rings. The summed E-state index contributed by atoms with van der Waals surface area (Å²) in [4.78, 5) is 11.4. The van der Waals surface area contributed by atoms with E-state index in [1.807, 2.05) is 12.1 Å². The Morgan fingerprint density at radius 3 is 2.70 bits per heavy atom. The fraction of sp³-hybridized carbons (Fsp3) is 0.700. The Labute approximate surface area is 180 Å². The number of halogens is 1. The average Bonchev–Trinajstić information content (AvgIpc) is 3.21. The minimum absolute atomic E-state index is 0. The molecule has 6 nitrogen and oxygen atoms in total. The summed E-state index contributed by atoms with van der Waals surface area (Å²) in [6.45, 7) is 6.59. The van der Waals surface area contributed by atoms with Gasteiger partial charge in [-0.25, -0.2) is 4.99 Å². The Bertz CT molecular complexity index is 543. The monoisotopic (exact) mass is 487 g/mol. The van der Waals surface area contributed by atoms with E-state index < -0.39 is 0 Å². The molecule has 3 rings (SSSR count). The molecule has 1 aliphatic carbocycles. The van der Waals surface area contributed by atoms with Gasteiger partial charge >= 0.3 is 0 Å². The molecule has 0 radical (unpaired) electrons. The number of piperidine rings is 1. The quantitative estimate of drug-likeness (QED) is 0.268. The van der Waals surface area contributed by atoms with Crippen LogP contribution in [0.1, 0.15) is 45.4 Å². The molecule has 1 saturated heterocycles. The van der Waals surface area contributed by atoms with E-state index in [0.29, 0.717) is 19.2 Å². The third kappa shape index (κ3) is 7.44. The molecular weight excluding hydrogens is 453 g/mol. The number of guanidine groups is 1. The summed E-state index contributed by atoms with van der Waals surface area (Å²) in [7, 11) is 0. The van der Waals surface area contributed by atoms with E-state index >= 15 is 0 Å². The van der Waals surface area contributed by atoms with Crippen LogP contribution >= 0.6 is 24.0 Å². The van der Waals surface area contributed by atoms with Crippen molar-refractivity contribution in [2.75, 3.05) is 32.8 Å². The maximum Gasteiger partial charge on any atom is 0.191 e. The van der Waals surface area contributed by atoms with E-state index in [4.69, 9.17) is 4.74 Å². The van der Waals surface area contributed by atoms with Gasteiger partial charge in [-0.1, -0.05) is 12.8 Å². The number of ether oxygens (including phenoxy) is 1. The number of nitrogens with one attached hydrogen (secondary N) is 2. The van der Waals surface area contributed by atoms with Crippen LogP contribution < -0.4 is 15.4 Å². The van der Waals surface area contributed by atoms with Gasteiger partial charge in [0.25, 0.3) is 0 Å². The SMILES string of the molecule is CCNC(=NCCOc1cccnc1)NC1CCN(C2CCCC2)CC1.I. The predicted molar refractivity (Wildman–Crippen MR) is 121 cm³/mol. The van der Waals surface area contributed by atoms with E-state index in [0.717, 1.165) is 24.3 Å². The number of pyridine rings is 1. The molecule has 0 spiro atoms. The molecule has 0 unspecified atom stereocenters. The summed E-state index contributed by atoms with van der Waals surface area (Å²) in [5.41, 5.74) is 0. The Morgan fingerprint density at radius 1 is 1.26 bits per heavy atom. The predicted octanol–water partition coefficient (Wildman–Crippen LogP) is 3.04. The van der Waals surface area contributed by atoms with Crippen LogP contribution in [0, 0.1) is 0 Å². The fourth-order valence-corrected chi connectivity index (χ4v) is 3.95. The maximum atomic E-state index is 5.66. The van der Waals surface area contributed by atoms with Gasteiger partial charge in [0.15, 0.2) is 5.96 Å². The van der Waals surface area contributed by atoms with Crippen LogP contribution in [0.25, 0.3) is 0 Å². The zero-order chi connectivity index (χ0) is 18.0. The van der Waals surface area contributed by atoms with Crippen LogP contribution in [0.3, 0.4) is 0 Å². The minimum atomic E-state index is 0. The molecule has 0 amide bonds. The lowest BCUT2D eigenvalue weighted by molar-refractivity contribution is 0.150. The average molecular weight is 487 g/mol. The molecule has 152 valence electrons. The fourth-order valence-electron chi connectivity index (χ4n) is 3.95. The van der Waals surface area contributed by atoms with Crippen LogP contribution in [-0.4, -0.2) is 60.7 Å². The number of hydrogen-bond donors (Lipinski definition) is 2. The van der Waals surface area contributed by atoms with Crippen LogP contribution in [0.4, 0.5) is 0 Å². The lowest BCUT2D eigenvalue weighted by atomic mass is 10.0. The third-order valence-corrected chi connectivity index (χ3v) is 5.32. The Hall–Kier alpha value is -1.09. The van der Waals surface area contributed by atoms with E-state index in [-0.39, 0.29) is 24.0 Å². The Morgan fingerprint density at radius 2 is 2.04 bits per heavy atom. The number of likely N-dealkylation sites (tertiary alicyclic amines) is 1. The van der Waals surface area contributed by atoms with Crippen LogP contribution in [0.15, 0.2) is 29.5 Å². The number of rotatable bonds is 7. The maximum absolute atomic E-state index is 5.66. The molecule has 2 fully saturated rings. The summed E-state index contributed by atoms with van der Waals surface area (Å²) in [6.07, 6.45) is 11.5. The van der Waals surface area contributed by atoms with Crippen molar-refractivity contribution in [1.29, 1.82) is 0 Å². The summed E-state index contributed by atoms with van der Waals surface area (Å²) in [5.74, 6) is 1.70. The smallest absolute Gasteiger partial charge is 0.191 e. The van der Waals surface area contributed by atoms with Gasteiger partial charge in [-0.05, 0) is 44.7 Å². The number of nitrogens with zero attached hydrogens (tertiary/aromatic N) is 3. The molecule has 27 heavy (non-hydrogen) atoms. The van der Waals surface area contributed by atoms with Gasteiger partial charge in [-0.2, -0.15) is 0 Å². The molecule has 1 aromatic rings. The highest BCUT2D eigenvalue weighted by Crippen LogP contribution is 2.26. The van der Waals surface area contributed by atoms with E-state index in [2.05, 4.69) is 32.4 Å². The molecule has 1 saturated carbocycles. The number of aliphatic imine (C=N–C) groups is 1. The third-order valence-electron chi connectivity index (χ3n) is 5.32. The van der Waals surface area contributed by atoms with Gasteiger partial charge < -0.3 is 20.3 Å². The van der Waals surface area contributed by atoms with Crippen LogP contribution in [0.5, 0.6) is 5.75 Å². The Balaban J connectivity index is 0.00000261. The first-order valence-corrected chi connectivity index (χ1v) is 10.2. The van der Waals surface area contributed by atoms with Crippen molar-refractivity contribution in [3.05, 3.63) is 24.5 Å². The van der Waals surface area contributed by atoms with Crippen molar-refractivity contribution in [1.82, 2.24) is 20.5 Å². The second-order valence-corrected chi connectivity index (χ2v) is 7.19. The zero-order valence-corrected chi connectivity index (χ0v) is 18.7. The highest BCUT2D eigenvalue weighted by Gasteiger charge is 2.27. The summed E-state index contributed by atoms with van der Waals surface area (Å²) in [5, 5.41) is 6.96. The first-order chi connectivity index (χ1) is 12.8. The normalized spacial score (nSPS) is 19.5. The van der Waals surface area contributed by atoms with Crippen LogP contribution in [0.2, 0.25) is 0 Å². The highest BCUT2D eigenvalue weighted by molar-refractivity contribution is 14.0.